The molecule has 1 heteroatoms. The predicted molar refractivity (Wildman–Crippen MR) is 186 cm³/mol. The second kappa shape index (κ2) is 17.2. The van der Waals surface area contributed by atoms with Crippen LogP contribution in [-0.4, -0.2) is 23.0 Å². The first-order valence-electron chi connectivity index (χ1n) is 20.1. The van der Waals surface area contributed by atoms with Crippen LogP contribution in [0.4, 0.5) is 0 Å². The molecule has 0 spiro atoms. The van der Waals surface area contributed by atoms with E-state index in [0.717, 1.165) is 53.6 Å². The molecule has 6 saturated carbocycles. The molecule has 0 amide bonds. The van der Waals surface area contributed by atoms with Gasteiger partial charge >= 0.3 is 0 Å². The third kappa shape index (κ3) is 9.83. The van der Waals surface area contributed by atoms with Gasteiger partial charge in [-0.25, -0.2) is 0 Å². The zero-order chi connectivity index (χ0) is 29.1. The molecule has 6 aliphatic rings. The van der Waals surface area contributed by atoms with Crippen LogP contribution in [0, 0.1) is 35.5 Å². The molecule has 0 aromatic carbocycles. The third-order valence-corrected chi connectivity index (χ3v) is 13.4. The van der Waals surface area contributed by atoms with Crippen molar-refractivity contribution in [3.63, 3.8) is 0 Å². The lowest BCUT2D eigenvalue weighted by atomic mass is 9.77. The van der Waals surface area contributed by atoms with E-state index in [-0.39, 0.29) is 0 Å². The fourth-order valence-electron chi connectivity index (χ4n) is 10.6. The van der Waals surface area contributed by atoms with E-state index >= 15 is 0 Å². The molecule has 0 unspecified atom stereocenters. The first-order chi connectivity index (χ1) is 21.3. The maximum atomic E-state index is 3.21. The summed E-state index contributed by atoms with van der Waals surface area (Å²) < 4.78 is 0. The van der Waals surface area contributed by atoms with Crippen LogP contribution in [0.5, 0.6) is 0 Å². The van der Waals surface area contributed by atoms with Gasteiger partial charge in [-0.05, 0) is 151 Å². The zero-order valence-electron chi connectivity index (χ0n) is 28.2. The molecule has 0 bridgehead atoms. The van der Waals surface area contributed by atoms with Gasteiger partial charge in [0.1, 0.15) is 0 Å². The standard InChI is InChI=1S/C42H69N/c1-4-10-34(11-5-1)16-19-37-22-28-40(29-23-37)43(41-30-24-38(25-31-41)20-17-35-12-6-2-7-13-35)42-32-26-39(27-33-42)21-18-36-14-8-3-9-15-36/h16-21,34-42H,1-15,22-33H2. The van der Waals surface area contributed by atoms with Crippen molar-refractivity contribution < 1.29 is 0 Å². The third-order valence-electron chi connectivity index (χ3n) is 13.4. The quantitative estimate of drug-likeness (QED) is 0.242. The minimum Gasteiger partial charge on any atom is -0.294 e. The Bertz CT molecular complexity index is 727. The van der Waals surface area contributed by atoms with E-state index < -0.39 is 0 Å². The minimum absolute atomic E-state index is 0.859. The minimum atomic E-state index is 0.859. The van der Waals surface area contributed by atoms with E-state index in [0.29, 0.717) is 0 Å². The molecule has 6 rings (SSSR count). The maximum Gasteiger partial charge on any atom is 0.0102 e. The average molecular weight is 588 g/mol. The van der Waals surface area contributed by atoms with E-state index in [1.165, 1.54) is 173 Å². The normalized spacial score (nSPS) is 36.8. The summed E-state index contributed by atoms with van der Waals surface area (Å²) in [6, 6.07) is 2.58. The molecular weight excluding hydrogens is 518 g/mol. The Morgan fingerprint density at radius 1 is 0.233 bits per heavy atom. The van der Waals surface area contributed by atoms with Crippen LogP contribution in [0.25, 0.3) is 0 Å². The highest BCUT2D eigenvalue weighted by atomic mass is 15.2. The molecular formula is C42H69N. The molecule has 242 valence electrons. The summed E-state index contributed by atoms with van der Waals surface area (Å²) in [5, 5.41) is 0. The van der Waals surface area contributed by atoms with Gasteiger partial charge < -0.3 is 0 Å². The van der Waals surface area contributed by atoms with E-state index in [2.05, 4.69) is 41.4 Å². The first kappa shape index (κ1) is 32.1. The van der Waals surface area contributed by atoms with Crippen LogP contribution in [0.15, 0.2) is 36.5 Å². The van der Waals surface area contributed by atoms with Gasteiger partial charge in [-0.2, -0.15) is 0 Å². The van der Waals surface area contributed by atoms with Gasteiger partial charge in [0.15, 0.2) is 0 Å². The van der Waals surface area contributed by atoms with Crippen LogP contribution < -0.4 is 0 Å². The van der Waals surface area contributed by atoms with Crippen LogP contribution in [0.1, 0.15) is 173 Å². The van der Waals surface area contributed by atoms with Crippen molar-refractivity contribution >= 4 is 0 Å². The van der Waals surface area contributed by atoms with Crippen LogP contribution in [0.2, 0.25) is 0 Å². The molecule has 0 aromatic heterocycles. The summed E-state index contributed by atoms with van der Waals surface area (Å²) in [4.78, 5) is 3.21. The van der Waals surface area contributed by atoms with E-state index in [9.17, 15) is 0 Å². The van der Waals surface area contributed by atoms with Crippen molar-refractivity contribution in [1.29, 1.82) is 0 Å². The summed E-state index contributed by atoms with van der Waals surface area (Å²) in [7, 11) is 0. The Balaban J connectivity index is 1.03. The molecule has 0 aromatic rings. The van der Waals surface area contributed by atoms with Gasteiger partial charge in [0.2, 0.25) is 0 Å². The second-order valence-corrected chi connectivity index (χ2v) is 16.5. The number of rotatable bonds is 9. The van der Waals surface area contributed by atoms with Gasteiger partial charge in [0.05, 0.1) is 0 Å². The van der Waals surface area contributed by atoms with Gasteiger partial charge in [0, 0.05) is 18.1 Å². The number of hydrogen-bond acceptors (Lipinski definition) is 1. The van der Waals surface area contributed by atoms with Crippen molar-refractivity contribution in [2.45, 2.75) is 191 Å². The lowest BCUT2D eigenvalue weighted by Crippen LogP contribution is -2.52. The Hall–Kier alpha value is -0.820. The Morgan fingerprint density at radius 2 is 0.442 bits per heavy atom. The van der Waals surface area contributed by atoms with Crippen molar-refractivity contribution in [2.75, 3.05) is 0 Å². The molecule has 6 aliphatic carbocycles. The molecule has 0 atom stereocenters. The van der Waals surface area contributed by atoms with Crippen molar-refractivity contribution in [3.8, 4) is 0 Å². The van der Waals surface area contributed by atoms with Crippen molar-refractivity contribution in [3.05, 3.63) is 36.5 Å². The molecule has 0 saturated heterocycles. The molecule has 1 nitrogen and oxygen atoms in total. The van der Waals surface area contributed by atoms with E-state index in [1.54, 1.807) is 0 Å². The smallest absolute Gasteiger partial charge is 0.0102 e. The number of nitrogens with zero attached hydrogens (tertiary/aromatic N) is 1. The molecule has 0 aliphatic heterocycles. The van der Waals surface area contributed by atoms with Crippen LogP contribution >= 0.6 is 0 Å². The van der Waals surface area contributed by atoms with Gasteiger partial charge in [-0.3, -0.25) is 4.90 Å². The highest BCUT2D eigenvalue weighted by molar-refractivity contribution is 5.02. The summed E-state index contributed by atoms with van der Waals surface area (Å²) in [5.74, 6) is 5.28. The SMILES string of the molecule is C(=CC1CCC(N(C2CCC(C=CC3CCCCC3)CC2)C2CCC(C=CC3CCCCC3)CC2)CC1)C1CCCCC1. The van der Waals surface area contributed by atoms with Crippen molar-refractivity contribution in [2.24, 2.45) is 35.5 Å². The van der Waals surface area contributed by atoms with Crippen LogP contribution in [-0.2, 0) is 0 Å². The average Bonchev–Trinajstić information content (AvgIpc) is 3.09. The Labute approximate surface area is 267 Å². The molecule has 0 heterocycles. The topological polar surface area (TPSA) is 3.24 Å². The monoisotopic (exact) mass is 588 g/mol. The molecule has 0 N–H and O–H groups in total. The van der Waals surface area contributed by atoms with E-state index in [4.69, 9.17) is 0 Å². The zero-order valence-corrected chi connectivity index (χ0v) is 28.2. The first-order valence-corrected chi connectivity index (χ1v) is 20.1. The summed E-state index contributed by atoms with van der Waals surface area (Å²) >= 11 is 0. The molecule has 6 fully saturated rings. The summed E-state index contributed by atoms with van der Waals surface area (Å²) in [6.45, 7) is 0. The second-order valence-electron chi connectivity index (χ2n) is 16.5. The number of allylic oxidation sites excluding steroid dienone is 6. The van der Waals surface area contributed by atoms with Gasteiger partial charge in [-0.1, -0.05) is 94.2 Å². The predicted octanol–water partition coefficient (Wildman–Crippen LogP) is 12.4. The highest BCUT2D eigenvalue weighted by Gasteiger charge is 2.37. The van der Waals surface area contributed by atoms with Gasteiger partial charge in [-0.15, -0.1) is 0 Å². The fraction of sp³-hybridized carbons (Fsp3) is 0.857. The van der Waals surface area contributed by atoms with Gasteiger partial charge in [0.25, 0.3) is 0 Å². The van der Waals surface area contributed by atoms with E-state index in [1.807, 2.05) is 0 Å². The Morgan fingerprint density at radius 3 is 0.674 bits per heavy atom. The fourth-order valence-corrected chi connectivity index (χ4v) is 10.6. The lowest BCUT2D eigenvalue weighted by Gasteiger charge is -2.49. The number of hydrogen-bond donors (Lipinski definition) is 0. The molecule has 43 heavy (non-hydrogen) atoms. The highest BCUT2D eigenvalue weighted by Crippen LogP contribution is 2.41. The summed E-state index contributed by atoms with van der Waals surface area (Å²) in [6.07, 6.45) is 55.4. The van der Waals surface area contributed by atoms with Crippen molar-refractivity contribution in [1.82, 2.24) is 4.90 Å². The molecule has 0 radical (unpaired) electrons. The van der Waals surface area contributed by atoms with Crippen LogP contribution in [0.3, 0.4) is 0 Å². The Kier molecular flexibility index (Phi) is 12.8. The maximum absolute atomic E-state index is 3.21. The lowest BCUT2D eigenvalue weighted by molar-refractivity contribution is 0.0109. The summed E-state index contributed by atoms with van der Waals surface area (Å²) in [5.41, 5.74) is 0. The largest absolute Gasteiger partial charge is 0.294 e.